The van der Waals surface area contributed by atoms with Gasteiger partial charge in [0.05, 0.1) is 10.4 Å². The molecule has 2 N–H and O–H groups in total. The summed E-state index contributed by atoms with van der Waals surface area (Å²) in [6.45, 7) is 0. The van der Waals surface area contributed by atoms with E-state index >= 15 is 0 Å². The number of carboxylic acid groups (broad SMARTS) is 1. The van der Waals surface area contributed by atoms with Gasteiger partial charge in [0, 0.05) is 37.2 Å². The summed E-state index contributed by atoms with van der Waals surface area (Å²) in [5, 5.41) is 17.5. The summed E-state index contributed by atoms with van der Waals surface area (Å²) in [7, 11) is -2.54. The highest BCUT2D eigenvalue weighted by Crippen LogP contribution is 2.27. The van der Waals surface area contributed by atoms with Crippen LogP contribution in [0.5, 0.6) is 11.5 Å². The zero-order valence-corrected chi connectivity index (χ0v) is 21.1. The molecule has 2 aromatic carbocycles. The Morgan fingerprint density at radius 1 is 1.00 bits per heavy atom. The SMILES string of the molecule is CNC(=O)c1cc(Oc2ccc3nc(N(Cl)S(=O)(=O)c4ccccc4)nnc3c2)ccn1.O=C(O)C(F)(F)F. The first-order valence-corrected chi connectivity index (χ1v) is 12.2. The molecule has 12 nitrogen and oxygen atoms in total. The number of carbonyl (C=O) groups excluding carboxylic acids is 1. The number of anilines is 1. The van der Waals surface area contributed by atoms with Gasteiger partial charge in [0.1, 0.15) is 22.7 Å². The van der Waals surface area contributed by atoms with E-state index in [-0.39, 0.29) is 22.4 Å². The van der Waals surface area contributed by atoms with E-state index < -0.39 is 22.2 Å². The zero-order valence-electron chi connectivity index (χ0n) is 19.5. The number of alkyl halides is 3. The Bertz CT molecular complexity index is 1610. The molecule has 4 aromatic rings. The lowest BCUT2D eigenvalue weighted by Gasteiger charge is -2.14. The van der Waals surface area contributed by atoms with Crippen LogP contribution in [0.1, 0.15) is 10.5 Å². The minimum absolute atomic E-state index is 0.00378. The van der Waals surface area contributed by atoms with Crippen LogP contribution >= 0.6 is 11.8 Å². The number of aliphatic carboxylic acids is 1. The standard InChI is InChI=1S/C20H15ClN6O4S.C2HF3O2/c1-22-19(28)18-12-14(9-10-23-18)31-13-7-8-16-17(11-13)25-26-20(24-16)27(21)32(29,30)15-5-3-2-4-6-15;3-2(4,5)1(6)7/h2-12H,1H3,(H,22,28);(H,6,7). The van der Waals surface area contributed by atoms with Crippen LogP contribution in [0.15, 0.2) is 71.8 Å². The van der Waals surface area contributed by atoms with Crippen LogP contribution in [0.25, 0.3) is 11.0 Å². The van der Waals surface area contributed by atoms with E-state index in [9.17, 15) is 26.4 Å². The van der Waals surface area contributed by atoms with Crippen LogP contribution in [0.3, 0.4) is 0 Å². The van der Waals surface area contributed by atoms with E-state index in [4.69, 9.17) is 26.4 Å². The second-order valence-electron chi connectivity index (χ2n) is 7.16. The predicted molar refractivity (Wildman–Crippen MR) is 131 cm³/mol. The molecule has 4 rings (SSSR count). The quantitative estimate of drug-likeness (QED) is 0.320. The monoisotopic (exact) mass is 584 g/mol. The van der Waals surface area contributed by atoms with Gasteiger partial charge in [0.25, 0.3) is 21.9 Å². The average Bonchev–Trinajstić information content (AvgIpc) is 2.92. The van der Waals surface area contributed by atoms with Crippen molar-refractivity contribution < 1.29 is 41.0 Å². The van der Waals surface area contributed by atoms with Crippen molar-refractivity contribution in [3.63, 3.8) is 0 Å². The van der Waals surface area contributed by atoms with Gasteiger partial charge in [-0.2, -0.15) is 21.6 Å². The molecular weight excluding hydrogens is 569 g/mol. The smallest absolute Gasteiger partial charge is 0.475 e. The molecule has 0 saturated carbocycles. The lowest BCUT2D eigenvalue weighted by atomic mass is 10.3. The first kappa shape index (κ1) is 29.0. The minimum atomic E-state index is -5.08. The molecular formula is C22H16ClF3N6O6S. The molecule has 0 unspecified atom stereocenters. The number of carbonyl (C=O) groups is 2. The third-order valence-corrected chi connectivity index (χ3v) is 6.64. The Morgan fingerprint density at radius 3 is 2.26 bits per heavy atom. The molecule has 0 saturated heterocycles. The Kier molecular flexibility index (Phi) is 8.82. The second-order valence-corrected chi connectivity index (χ2v) is 9.48. The number of carboxylic acids is 1. The number of hydrogen-bond donors (Lipinski definition) is 2. The summed E-state index contributed by atoms with van der Waals surface area (Å²) in [4.78, 5) is 28.8. The molecule has 0 atom stereocenters. The topological polar surface area (TPSA) is 165 Å². The lowest BCUT2D eigenvalue weighted by Crippen LogP contribution is -2.23. The molecule has 2 heterocycles. The molecule has 0 radical (unpaired) electrons. The van der Waals surface area contributed by atoms with Crippen LogP contribution in [0.4, 0.5) is 19.1 Å². The van der Waals surface area contributed by atoms with Crippen LogP contribution < -0.4 is 13.9 Å². The molecule has 0 aliphatic carbocycles. The fourth-order valence-electron chi connectivity index (χ4n) is 2.70. The average molecular weight is 585 g/mol. The number of benzene rings is 2. The highest BCUT2D eigenvalue weighted by Gasteiger charge is 2.38. The highest BCUT2D eigenvalue weighted by atomic mass is 35.5. The molecule has 0 spiro atoms. The number of halogens is 4. The number of amides is 1. The third kappa shape index (κ3) is 7.26. The maximum absolute atomic E-state index is 12.7. The number of ether oxygens (including phenoxy) is 1. The zero-order chi connectivity index (χ0) is 28.8. The predicted octanol–water partition coefficient (Wildman–Crippen LogP) is 3.55. The molecule has 0 aliphatic rings. The van der Waals surface area contributed by atoms with Gasteiger partial charge in [0.2, 0.25) is 0 Å². The number of pyridine rings is 1. The Hall–Kier alpha value is -4.57. The largest absolute Gasteiger partial charge is 0.490 e. The van der Waals surface area contributed by atoms with E-state index in [1.807, 2.05) is 0 Å². The minimum Gasteiger partial charge on any atom is -0.475 e. The summed E-state index contributed by atoms with van der Waals surface area (Å²) in [6.07, 6.45) is -3.63. The fraction of sp³-hybridized carbons (Fsp3) is 0.0909. The molecule has 0 fully saturated rings. The summed E-state index contributed by atoms with van der Waals surface area (Å²) in [6, 6.07) is 15.6. The van der Waals surface area contributed by atoms with Crippen molar-refractivity contribution in [1.29, 1.82) is 0 Å². The van der Waals surface area contributed by atoms with Crippen molar-refractivity contribution in [2.24, 2.45) is 0 Å². The number of fused-ring (bicyclic) bond motifs is 1. The van der Waals surface area contributed by atoms with Crippen molar-refractivity contribution in [3.8, 4) is 11.5 Å². The number of hydrogen-bond acceptors (Lipinski definition) is 9. The molecule has 1 amide bonds. The highest BCUT2D eigenvalue weighted by molar-refractivity contribution is 7.94. The summed E-state index contributed by atoms with van der Waals surface area (Å²) < 4.78 is 63.3. The number of nitrogens with zero attached hydrogens (tertiary/aromatic N) is 5. The summed E-state index contributed by atoms with van der Waals surface area (Å²) in [5.41, 5.74) is 0.921. The number of aromatic nitrogens is 4. The number of nitrogens with one attached hydrogen (secondary N) is 1. The van der Waals surface area contributed by atoms with Crippen molar-refractivity contribution >= 4 is 50.7 Å². The van der Waals surface area contributed by atoms with E-state index in [2.05, 4.69) is 25.5 Å². The Labute approximate surface area is 223 Å². The van der Waals surface area contributed by atoms with E-state index in [1.165, 1.54) is 31.4 Å². The summed E-state index contributed by atoms with van der Waals surface area (Å²) >= 11 is 6.04. The number of sulfonamides is 1. The van der Waals surface area contributed by atoms with Gasteiger partial charge >= 0.3 is 12.1 Å². The normalized spacial score (nSPS) is 11.2. The molecule has 204 valence electrons. The maximum Gasteiger partial charge on any atom is 0.490 e. The van der Waals surface area contributed by atoms with Gasteiger partial charge < -0.3 is 15.2 Å². The summed E-state index contributed by atoms with van der Waals surface area (Å²) in [5.74, 6) is -2.58. The molecule has 2 aromatic heterocycles. The fourth-order valence-corrected chi connectivity index (χ4v) is 3.99. The lowest BCUT2D eigenvalue weighted by molar-refractivity contribution is -0.192. The van der Waals surface area contributed by atoms with Gasteiger partial charge in [-0.05, 0) is 30.3 Å². The van der Waals surface area contributed by atoms with Gasteiger partial charge in [-0.1, -0.05) is 18.2 Å². The van der Waals surface area contributed by atoms with E-state index in [0.717, 1.165) is 0 Å². The van der Waals surface area contributed by atoms with Crippen LogP contribution in [-0.2, 0) is 14.8 Å². The van der Waals surface area contributed by atoms with Gasteiger partial charge in [-0.15, -0.1) is 14.0 Å². The van der Waals surface area contributed by atoms with Crippen molar-refractivity contribution in [2.75, 3.05) is 10.9 Å². The number of rotatable bonds is 6. The van der Waals surface area contributed by atoms with E-state index in [0.29, 0.717) is 26.4 Å². The molecule has 0 bridgehead atoms. The maximum atomic E-state index is 12.7. The molecule has 39 heavy (non-hydrogen) atoms. The second kappa shape index (κ2) is 11.9. The van der Waals surface area contributed by atoms with Crippen LogP contribution in [-0.4, -0.2) is 58.8 Å². The van der Waals surface area contributed by atoms with Gasteiger partial charge in [-0.25, -0.2) is 9.78 Å². The van der Waals surface area contributed by atoms with E-state index in [1.54, 1.807) is 42.5 Å². The van der Waals surface area contributed by atoms with Crippen molar-refractivity contribution in [1.82, 2.24) is 25.5 Å². The molecule has 17 heteroatoms. The van der Waals surface area contributed by atoms with Crippen molar-refractivity contribution in [3.05, 3.63) is 72.6 Å². The van der Waals surface area contributed by atoms with Crippen LogP contribution in [0, 0.1) is 0 Å². The van der Waals surface area contributed by atoms with Crippen LogP contribution in [0.2, 0.25) is 0 Å². The first-order chi connectivity index (χ1) is 18.3. The Balaban J connectivity index is 0.000000532. The first-order valence-electron chi connectivity index (χ1n) is 10.4. The van der Waals surface area contributed by atoms with Crippen molar-refractivity contribution in [2.45, 2.75) is 11.1 Å². The molecule has 0 aliphatic heterocycles. The Morgan fingerprint density at radius 2 is 1.64 bits per heavy atom. The third-order valence-electron chi connectivity index (χ3n) is 4.49. The van der Waals surface area contributed by atoms with Gasteiger partial charge in [0.15, 0.2) is 0 Å². The van der Waals surface area contributed by atoms with Gasteiger partial charge in [-0.3, -0.25) is 9.78 Å².